The molecule has 5 nitrogen and oxygen atoms in total. The number of nitrogens with zero attached hydrogens (tertiary/aromatic N) is 4. The molecule has 1 unspecified atom stereocenters. The number of aryl methyl sites for hydroxylation is 1. The molecule has 0 spiro atoms. The summed E-state index contributed by atoms with van der Waals surface area (Å²) >= 11 is 0. The third kappa shape index (κ3) is 2.81. The quantitative estimate of drug-likeness (QED) is 0.794. The van der Waals surface area contributed by atoms with Crippen molar-refractivity contribution in [2.75, 3.05) is 5.32 Å². The highest BCUT2D eigenvalue weighted by Crippen LogP contribution is 2.24. The standard InChI is InChI=1S/C16H17N5/c1-3-13(12-6-8-17-9-7-12)21-16-15-14(18-10-19-16)5-4-11(2)20-15/h4-10,13H,3H2,1-2H3,(H,18,19,21). The number of rotatable bonds is 4. The Morgan fingerprint density at radius 1 is 1.10 bits per heavy atom. The van der Waals surface area contributed by atoms with Crippen LogP contribution in [0.3, 0.4) is 0 Å². The first-order valence-corrected chi connectivity index (χ1v) is 7.02. The second kappa shape index (κ2) is 5.83. The van der Waals surface area contributed by atoms with Gasteiger partial charge < -0.3 is 5.32 Å². The maximum absolute atomic E-state index is 4.56. The molecule has 0 aromatic carbocycles. The highest BCUT2D eigenvalue weighted by molar-refractivity contribution is 5.84. The van der Waals surface area contributed by atoms with E-state index in [1.54, 1.807) is 18.7 Å². The molecule has 0 fully saturated rings. The Hall–Kier alpha value is -2.56. The van der Waals surface area contributed by atoms with Gasteiger partial charge in [-0.3, -0.25) is 4.98 Å². The minimum absolute atomic E-state index is 0.174. The molecule has 0 amide bonds. The molecule has 0 bridgehead atoms. The van der Waals surface area contributed by atoms with E-state index in [0.29, 0.717) is 0 Å². The van der Waals surface area contributed by atoms with Crippen LogP contribution in [0, 0.1) is 6.92 Å². The second-order valence-electron chi connectivity index (χ2n) is 4.93. The number of pyridine rings is 2. The summed E-state index contributed by atoms with van der Waals surface area (Å²) in [4.78, 5) is 17.2. The van der Waals surface area contributed by atoms with Crippen molar-refractivity contribution in [2.45, 2.75) is 26.3 Å². The molecule has 5 heteroatoms. The van der Waals surface area contributed by atoms with Crippen molar-refractivity contribution in [1.29, 1.82) is 0 Å². The van der Waals surface area contributed by atoms with Crippen LogP contribution in [0.2, 0.25) is 0 Å². The number of anilines is 1. The fourth-order valence-corrected chi connectivity index (χ4v) is 2.33. The van der Waals surface area contributed by atoms with E-state index in [-0.39, 0.29) is 6.04 Å². The number of nitrogens with one attached hydrogen (secondary N) is 1. The Kier molecular flexibility index (Phi) is 3.73. The zero-order chi connectivity index (χ0) is 14.7. The fourth-order valence-electron chi connectivity index (χ4n) is 2.33. The van der Waals surface area contributed by atoms with E-state index < -0.39 is 0 Å². The van der Waals surface area contributed by atoms with Gasteiger partial charge in [-0.2, -0.15) is 0 Å². The van der Waals surface area contributed by atoms with Gasteiger partial charge >= 0.3 is 0 Å². The third-order valence-corrected chi connectivity index (χ3v) is 3.45. The molecule has 0 aliphatic heterocycles. The van der Waals surface area contributed by atoms with Gasteiger partial charge in [-0.15, -0.1) is 0 Å². The van der Waals surface area contributed by atoms with Crippen molar-refractivity contribution >= 4 is 16.9 Å². The minimum Gasteiger partial charge on any atom is -0.361 e. The molecule has 21 heavy (non-hydrogen) atoms. The monoisotopic (exact) mass is 279 g/mol. The molecule has 1 atom stereocenters. The molecular weight excluding hydrogens is 262 g/mol. The summed E-state index contributed by atoms with van der Waals surface area (Å²) in [6.07, 6.45) is 6.13. The smallest absolute Gasteiger partial charge is 0.156 e. The normalized spacial score (nSPS) is 12.3. The summed E-state index contributed by atoms with van der Waals surface area (Å²) in [6, 6.07) is 8.14. The largest absolute Gasteiger partial charge is 0.361 e. The minimum atomic E-state index is 0.174. The number of fused-ring (bicyclic) bond motifs is 1. The Bertz CT molecular complexity index is 742. The Labute approximate surface area is 123 Å². The van der Waals surface area contributed by atoms with Crippen LogP contribution in [0.25, 0.3) is 11.0 Å². The lowest BCUT2D eigenvalue weighted by molar-refractivity contribution is 0.743. The van der Waals surface area contributed by atoms with E-state index in [1.807, 2.05) is 31.2 Å². The van der Waals surface area contributed by atoms with Crippen LogP contribution < -0.4 is 5.32 Å². The van der Waals surface area contributed by atoms with Crippen LogP contribution in [0.4, 0.5) is 5.82 Å². The number of hydrogen-bond donors (Lipinski definition) is 1. The number of aromatic nitrogens is 4. The molecule has 0 radical (unpaired) electrons. The number of hydrogen-bond acceptors (Lipinski definition) is 5. The lowest BCUT2D eigenvalue weighted by atomic mass is 10.1. The van der Waals surface area contributed by atoms with Crippen LogP contribution in [0.5, 0.6) is 0 Å². The van der Waals surface area contributed by atoms with E-state index in [4.69, 9.17) is 0 Å². The van der Waals surface area contributed by atoms with Gasteiger partial charge in [0.1, 0.15) is 11.8 Å². The van der Waals surface area contributed by atoms with Crippen molar-refractivity contribution in [3.63, 3.8) is 0 Å². The van der Waals surface area contributed by atoms with Gasteiger partial charge in [-0.25, -0.2) is 15.0 Å². The van der Waals surface area contributed by atoms with E-state index in [1.165, 1.54) is 5.56 Å². The van der Waals surface area contributed by atoms with E-state index >= 15 is 0 Å². The molecule has 1 N–H and O–H groups in total. The van der Waals surface area contributed by atoms with Gasteiger partial charge in [-0.05, 0) is 43.2 Å². The molecule has 3 rings (SSSR count). The van der Waals surface area contributed by atoms with Crippen LogP contribution >= 0.6 is 0 Å². The summed E-state index contributed by atoms with van der Waals surface area (Å²) in [6.45, 7) is 4.11. The summed E-state index contributed by atoms with van der Waals surface area (Å²) in [5.41, 5.74) is 3.80. The lowest BCUT2D eigenvalue weighted by Crippen LogP contribution is -2.11. The van der Waals surface area contributed by atoms with Crippen molar-refractivity contribution < 1.29 is 0 Å². The predicted molar refractivity (Wildman–Crippen MR) is 83.0 cm³/mol. The van der Waals surface area contributed by atoms with Crippen LogP contribution in [-0.4, -0.2) is 19.9 Å². The van der Waals surface area contributed by atoms with Crippen LogP contribution in [0.15, 0.2) is 43.0 Å². The van der Waals surface area contributed by atoms with E-state index in [2.05, 4.69) is 32.2 Å². The van der Waals surface area contributed by atoms with Gasteiger partial charge in [0.15, 0.2) is 5.82 Å². The van der Waals surface area contributed by atoms with Crippen molar-refractivity contribution in [2.24, 2.45) is 0 Å². The van der Waals surface area contributed by atoms with E-state index in [9.17, 15) is 0 Å². The molecule has 3 aromatic heterocycles. The molecule has 3 aromatic rings. The summed E-state index contributed by atoms with van der Waals surface area (Å²) in [5, 5.41) is 3.47. The Balaban J connectivity index is 1.99. The lowest BCUT2D eigenvalue weighted by Gasteiger charge is -2.18. The maximum Gasteiger partial charge on any atom is 0.156 e. The van der Waals surface area contributed by atoms with Gasteiger partial charge in [0, 0.05) is 18.1 Å². The molecule has 0 saturated carbocycles. The molecule has 106 valence electrons. The molecule has 0 aliphatic rings. The highest BCUT2D eigenvalue weighted by atomic mass is 15.1. The second-order valence-corrected chi connectivity index (χ2v) is 4.93. The molecule has 0 saturated heterocycles. The zero-order valence-electron chi connectivity index (χ0n) is 12.1. The van der Waals surface area contributed by atoms with Crippen LogP contribution in [0.1, 0.15) is 30.6 Å². The van der Waals surface area contributed by atoms with Crippen LogP contribution in [-0.2, 0) is 0 Å². The van der Waals surface area contributed by atoms with Crippen molar-refractivity contribution in [3.8, 4) is 0 Å². The SMILES string of the molecule is CCC(Nc1ncnc2ccc(C)nc12)c1ccncc1. The van der Waals surface area contributed by atoms with E-state index in [0.717, 1.165) is 29.0 Å². The summed E-state index contributed by atoms with van der Waals surface area (Å²) in [5.74, 6) is 0.771. The first-order chi connectivity index (χ1) is 10.3. The Morgan fingerprint density at radius 2 is 1.90 bits per heavy atom. The predicted octanol–water partition coefficient (Wildman–Crippen LogP) is 3.29. The average Bonchev–Trinajstić information content (AvgIpc) is 2.53. The Morgan fingerprint density at radius 3 is 2.67 bits per heavy atom. The van der Waals surface area contributed by atoms with Gasteiger partial charge in [0.05, 0.1) is 11.6 Å². The topological polar surface area (TPSA) is 63.6 Å². The van der Waals surface area contributed by atoms with Crippen molar-refractivity contribution in [3.05, 3.63) is 54.2 Å². The first kappa shape index (κ1) is 13.4. The maximum atomic E-state index is 4.56. The van der Waals surface area contributed by atoms with Gasteiger partial charge in [-0.1, -0.05) is 6.92 Å². The molecule has 3 heterocycles. The summed E-state index contributed by atoms with van der Waals surface area (Å²) < 4.78 is 0. The molecule has 0 aliphatic carbocycles. The summed E-state index contributed by atoms with van der Waals surface area (Å²) in [7, 11) is 0. The average molecular weight is 279 g/mol. The zero-order valence-corrected chi connectivity index (χ0v) is 12.1. The highest BCUT2D eigenvalue weighted by Gasteiger charge is 2.12. The first-order valence-electron chi connectivity index (χ1n) is 7.02. The fraction of sp³-hybridized carbons (Fsp3) is 0.250. The van der Waals surface area contributed by atoms with Gasteiger partial charge in [0.2, 0.25) is 0 Å². The van der Waals surface area contributed by atoms with Crippen molar-refractivity contribution in [1.82, 2.24) is 19.9 Å². The van der Waals surface area contributed by atoms with Gasteiger partial charge in [0.25, 0.3) is 0 Å². The third-order valence-electron chi connectivity index (χ3n) is 3.45. The molecular formula is C16H17N5.